The quantitative estimate of drug-likeness (QED) is 0.566. The minimum Gasteiger partial charge on any atom is -0.0839 e. The van der Waals surface area contributed by atoms with Crippen LogP contribution in [-0.4, -0.2) is 0 Å². The lowest BCUT2D eigenvalue weighted by Crippen LogP contribution is -2.11. The molecule has 2 aliphatic carbocycles. The van der Waals surface area contributed by atoms with Crippen molar-refractivity contribution in [3.05, 3.63) is 35.5 Å². The Bertz CT molecular complexity index is 276. The molecular weight excluding hydrogens is 156 g/mol. The lowest BCUT2D eigenvalue weighted by Gasteiger charge is -2.25. The first-order valence-corrected chi connectivity index (χ1v) is 5.34. The predicted octanol–water partition coefficient (Wildman–Crippen LogP) is 3.87. The Kier molecular flexibility index (Phi) is 2.39. The van der Waals surface area contributed by atoms with Gasteiger partial charge in [0.15, 0.2) is 0 Å². The van der Waals surface area contributed by atoms with Gasteiger partial charge in [-0.15, -0.1) is 0 Å². The first-order chi connectivity index (χ1) is 6.27. The summed E-state index contributed by atoms with van der Waals surface area (Å²) in [6, 6.07) is 0. The highest BCUT2D eigenvalue weighted by atomic mass is 14.2. The van der Waals surface area contributed by atoms with Gasteiger partial charge in [0.25, 0.3) is 0 Å². The van der Waals surface area contributed by atoms with Crippen LogP contribution in [0.25, 0.3) is 0 Å². The third-order valence-electron chi connectivity index (χ3n) is 3.17. The predicted molar refractivity (Wildman–Crippen MR) is 57.5 cm³/mol. The van der Waals surface area contributed by atoms with Crippen LogP contribution < -0.4 is 0 Å². The van der Waals surface area contributed by atoms with Crippen LogP contribution in [-0.2, 0) is 0 Å². The van der Waals surface area contributed by atoms with Crippen LogP contribution in [0.5, 0.6) is 0 Å². The topological polar surface area (TPSA) is 0 Å². The van der Waals surface area contributed by atoms with Crippen LogP contribution in [0.2, 0.25) is 0 Å². The molecule has 1 unspecified atom stereocenters. The SMILES string of the molecule is CC(C)C1C=CC2=C(C=CCC2)C1. The maximum Gasteiger partial charge on any atom is -0.0167 e. The van der Waals surface area contributed by atoms with Crippen molar-refractivity contribution in [3.63, 3.8) is 0 Å². The Morgan fingerprint density at radius 1 is 1.23 bits per heavy atom. The molecule has 0 bridgehead atoms. The van der Waals surface area contributed by atoms with Crippen molar-refractivity contribution < 1.29 is 0 Å². The smallest absolute Gasteiger partial charge is 0.0167 e. The lowest BCUT2D eigenvalue weighted by atomic mass is 9.80. The van der Waals surface area contributed by atoms with E-state index in [-0.39, 0.29) is 0 Å². The van der Waals surface area contributed by atoms with Crippen LogP contribution >= 0.6 is 0 Å². The second-order valence-electron chi connectivity index (χ2n) is 4.46. The van der Waals surface area contributed by atoms with Crippen LogP contribution in [0.1, 0.15) is 33.1 Å². The normalized spacial score (nSPS) is 26.8. The number of allylic oxidation sites excluding steroid dienone is 6. The zero-order valence-electron chi connectivity index (χ0n) is 8.59. The van der Waals surface area contributed by atoms with Gasteiger partial charge in [-0.05, 0) is 42.2 Å². The summed E-state index contributed by atoms with van der Waals surface area (Å²) in [4.78, 5) is 0. The van der Waals surface area contributed by atoms with E-state index in [0.29, 0.717) is 0 Å². The molecule has 0 aromatic heterocycles. The number of hydrogen-bond acceptors (Lipinski definition) is 0. The summed E-state index contributed by atoms with van der Waals surface area (Å²) < 4.78 is 0. The first-order valence-electron chi connectivity index (χ1n) is 5.34. The minimum atomic E-state index is 0.765. The molecule has 0 radical (unpaired) electrons. The Balaban J connectivity index is 2.16. The Labute approximate surface area is 81.0 Å². The van der Waals surface area contributed by atoms with E-state index in [2.05, 4.69) is 38.2 Å². The summed E-state index contributed by atoms with van der Waals surface area (Å²) in [5.41, 5.74) is 3.17. The third kappa shape index (κ3) is 1.77. The molecule has 13 heavy (non-hydrogen) atoms. The van der Waals surface area contributed by atoms with Crippen molar-refractivity contribution in [2.75, 3.05) is 0 Å². The van der Waals surface area contributed by atoms with E-state index >= 15 is 0 Å². The van der Waals surface area contributed by atoms with Gasteiger partial charge < -0.3 is 0 Å². The molecule has 0 heterocycles. The monoisotopic (exact) mass is 174 g/mol. The van der Waals surface area contributed by atoms with Crippen molar-refractivity contribution in [2.24, 2.45) is 11.8 Å². The van der Waals surface area contributed by atoms with E-state index in [4.69, 9.17) is 0 Å². The molecule has 2 aliphatic rings. The van der Waals surface area contributed by atoms with Crippen molar-refractivity contribution >= 4 is 0 Å². The summed E-state index contributed by atoms with van der Waals surface area (Å²) in [6.45, 7) is 4.63. The van der Waals surface area contributed by atoms with Crippen LogP contribution in [0, 0.1) is 11.8 Å². The molecule has 2 rings (SSSR count). The molecular formula is C13H18. The maximum atomic E-state index is 2.41. The molecule has 0 nitrogen and oxygen atoms in total. The summed E-state index contributed by atoms with van der Waals surface area (Å²) >= 11 is 0. The van der Waals surface area contributed by atoms with Gasteiger partial charge in [-0.1, -0.05) is 38.2 Å². The highest BCUT2D eigenvalue weighted by Crippen LogP contribution is 2.33. The highest BCUT2D eigenvalue weighted by Gasteiger charge is 2.18. The third-order valence-corrected chi connectivity index (χ3v) is 3.17. The molecule has 70 valence electrons. The molecule has 0 N–H and O–H groups in total. The Morgan fingerprint density at radius 3 is 2.85 bits per heavy atom. The fourth-order valence-corrected chi connectivity index (χ4v) is 2.14. The highest BCUT2D eigenvalue weighted by molar-refractivity contribution is 5.39. The van der Waals surface area contributed by atoms with Crippen LogP contribution in [0.3, 0.4) is 0 Å². The Morgan fingerprint density at radius 2 is 2.08 bits per heavy atom. The summed E-state index contributed by atoms with van der Waals surface area (Å²) in [7, 11) is 0. The van der Waals surface area contributed by atoms with E-state index in [1.165, 1.54) is 19.3 Å². The van der Waals surface area contributed by atoms with E-state index in [9.17, 15) is 0 Å². The fraction of sp³-hybridized carbons (Fsp3) is 0.538. The van der Waals surface area contributed by atoms with Crippen molar-refractivity contribution in [1.82, 2.24) is 0 Å². The summed E-state index contributed by atoms with van der Waals surface area (Å²) in [5, 5.41) is 0. The first kappa shape index (κ1) is 8.80. The second kappa shape index (κ2) is 3.53. The lowest BCUT2D eigenvalue weighted by molar-refractivity contribution is 0.458. The molecule has 0 saturated heterocycles. The van der Waals surface area contributed by atoms with Crippen molar-refractivity contribution in [2.45, 2.75) is 33.1 Å². The van der Waals surface area contributed by atoms with E-state index in [0.717, 1.165) is 11.8 Å². The van der Waals surface area contributed by atoms with Crippen molar-refractivity contribution in [3.8, 4) is 0 Å². The van der Waals surface area contributed by atoms with Gasteiger partial charge in [-0.25, -0.2) is 0 Å². The minimum absolute atomic E-state index is 0.765. The molecule has 0 amide bonds. The molecule has 0 spiro atoms. The number of rotatable bonds is 1. The van der Waals surface area contributed by atoms with E-state index < -0.39 is 0 Å². The molecule has 1 atom stereocenters. The largest absolute Gasteiger partial charge is 0.0839 e. The van der Waals surface area contributed by atoms with Gasteiger partial charge in [0.05, 0.1) is 0 Å². The Hall–Kier alpha value is -0.780. The summed E-state index contributed by atoms with van der Waals surface area (Å²) in [6.07, 6.45) is 13.2. The summed E-state index contributed by atoms with van der Waals surface area (Å²) in [5.74, 6) is 1.54. The average Bonchev–Trinajstić information content (AvgIpc) is 2.17. The molecule has 0 aromatic rings. The van der Waals surface area contributed by atoms with Gasteiger partial charge in [-0.2, -0.15) is 0 Å². The molecule has 0 aromatic carbocycles. The molecule has 0 fully saturated rings. The maximum absolute atomic E-state index is 2.41. The van der Waals surface area contributed by atoms with Crippen LogP contribution in [0.15, 0.2) is 35.5 Å². The standard InChI is InChI=1S/C13H18/c1-10(2)12-8-7-11-5-3-4-6-13(11)9-12/h4,6-8,10,12H,3,5,9H2,1-2H3. The second-order valence-corrected chi connectivity index (χ2v) is 4.46. The zero-order chi connectivity index (χ0) is 9.26. The van der Waals surface area contributed by atoms with Crippen LogP contribution in [0.4, 0.5) is 0 Å². The zero-order valence-corrected chi connectivity index (χ0v) is 8.59. The van der Waals surface area contributed by atoms with E-state index in [1.807, 2.05) is 0 Å². The molecule has 0 heteroatoms. The molecule has 0 aliphatic heterocycles. The van der Waals surface area contributed by atoms with Gasteiger partial charge in [-0.3, -0.25) is 0 Å². The number of hydrogen-bond donors (Lipinski definition) is 0. The molecule has 0 saturated carbocycles. The van der Waals surface area contributed by atoms with E-state index in [1.54, 1.807) is 11.1 Å². The van der Waals surface area contributed by atoms with Gasteiger partial charge >= 0.3 is 0 Å². The van der Waals surface area contributed by atoms with Gasteiger partial charge in [0.1, 0.15) is 0 Å². The van der Waals surface area contributed by atoms with Gasteiger partial charge in [0, 0.05) is 0 Å². The average molecular weight is 174 g/mol. The van der Waals surface area contributed by atoms with Gasteiger partial charge in [0.2, 0.25) is 0 Å². The fourth-order valence-electron chi connectivity index (χ4n) is 2.14. The van der Waals surface area contributed by atoms with Crippen molar-refractivity contribution in [1.29, 1.82) is 0 Å².